The van der Waals surface area contributed by atoms with Crippen LogP contribution in [0.3, 0.4) is 0 Å². The van der Waals surface area contributed by atoms with Gasteiger partial charge in [0.1, 0.15) is 11.5 Å². The van der Waals surface area contributed by atoms with Gasteiger partial charge in [0, 0.05) is 21.3 Å². The smallest absolute Gasteiger partial charge is 0.233 e. The monoisotopic (exact) mass is 762 g/mol. The number of aryl methyl sites for hydroxylation is 2. The van der Waals surface area contributed by atoms with E-state index in [4.69, 9.17) is 14.2 Å². The molecule has 2 aliphatic heterocycles. The molecule has 2 aromatic carbocycles. The third-order valence-corrected chi connectivity index (χ3v) is 9.54. The fourth-order valence-electron chi connectivity index (χ4n) is 5.72. The number of hydrogen-bond acceptors (Lipinski definition) is 3. The lowest BCUT2D eigenvalue weighted by Crippen LogP contribution is -2.31. The first kappa shape index (κ1) is 29.9. The van der Waals surface area contributed by atoms with Crippen LogP contribution in [0.25, 0.3) is 0 Å². The fraction of sp³-hybridized carbons (Fsp3) is 0.600. The van der Waals surface area contributed by atoms with Gasteiger partial charge in [-0.25, -0.2) is 0 Å². The molecule has 7 heteroatoms. The van der Waals surface area contributed by atoms with Crippen molar-refractivity contribution in [2.24, 2.45) is 11.8 Å². The zero-order valence-electron chi connectivity index (χ0n) is 21.8. The van der Waals surface area contributed by atoms with Crippen LogP contribution in [0.4, 0.5) is 0 Å². The van der Waals surface area contributed by atoms with E-state index in [1.807, 2.05) is 0 Å². The van der Waals surface area contributed by atoms with E-state index >= 15 is 0 Å². The number of halogens is 4. The molecule has 2 heterocycles. The Morgan fingerprint density at radius 3 is 1.43 bits per heavy atom. The van der Waals surface area contributed by atoms with Crippen molar-refractivity contribution in [1.29, 1.82) is 0 Å². The van der Waals surface area contributed by atoms with Crippen LogP contribution in [0.2, 0.25) is 0 Å². The maximum absolute atomic E-state index is 6.53. The quantitative estimate of drug-likeness (QED) is 0.179. The van der Waals surface area contributed by atoms with Gasteiger partial charge in [-0.15, -0.1) is 0 Å². The Labute approximate surface area is 256 Å². The first-order valence-corrected chi connectivity index (χ1v) is 17.9. The van der Waals surface area contributed by atoms with Crippen molar-refractivity contribution in [2.45, 2.75) is 77.8 Å². The summed E-state index contributed by atoms with van der Waals surface area (Å²) in [5.74, 6) is 3.16. The number of benzene rings is 2. The average molecular weight is 766 g/mol. The van der Waals surface area contributed by atoms with Crippen LogP contribution >= 0.6 is 63.7 Å². The molecule has 2 bridgehead atoms. The van der Waals surface area contributed by atoms with E-state index in [0.29, 0.717) is 11.8 Å². The lowest BCUT2D eigenvalue weighted by molar-refractivity contribution is -0.228. The van der Waals surface area contributed by atoms with Crippen molar-refractivity contribution in [3.05, 3.63) is 57.6 Å². The van der Waals surface area contributed by atoms with Gasteiger partial charge in [-0.3, -0.25) is 4.74 Å². The first-order valence-electron chi connectivity index (χ1n) is 13.5. The predicted molar refractivity (Wildman–Crippen MR) is 167 cm³/mol. The lowest BCUT2D eigenvalue weighted by atomic mass is 9.89. The molecule has 0 amide bonds. The van der Waals surface area contributed by atoms with Crippen LogP contribution in [0.5, 0.6) is 11.5 Å². The standard InChI is InChI=1S/C30H38Br4O3/c1-19-13-23(15-21(7-11-33)5-3-9-31)17-25-27(19)35-30-26-18-24(16-22(8-12-34)6-4-10-32)14-20(2)28(26)36-29(25)37-30/h13-14,17-18,21-22,29-30H,3-12,15-16H2,1-2H3. The molecule has 3 nitrogen and oxygen atoms in total. The molecule has 0 aliphatic carbocycles. The Hall–Kier alpha value is -0.0800. The van der Waals surface area contributed by atoms with E-state index in [1.165, 1.54) is 49.7 Å². The van der Waals surface area contributed by atoms with Crippen LogP contribution in [0.15, 0.2) is 24.3 Å². The van der Waals surface area contributed by atoms with Crippen LogP contribution in [-0.2, 0) is 17.6 Å². The van der Waals surface area contributed by atoms with Gasteiger partial charge in [-0.05, 0) is 111 Å². The molecule has 4 unspecified atom stereocenters. The van der Waals surface area contributed by atoms with Crippen LogP contribution in [0.1, 0.15) is 84.5 Å². The Kier molecular flexibility index (Phi) is 11.7. The third-order valence-electron chi connectivity index (χ3n) is 7.51. The average Bonchev–Trinajstić information content (AvgIpc) is 2.87. The van der Waals surface area contributed by atoms with Gasteiger partial charge in [0.2, 0.25) is 12.6 Å². The van der Waals surface area contributed by atoms with Crippen molar-refractivity contribution in [2.75, 3.05) is 21.3 Å². The summed E-state index contributed by atoms with van der Waals surface area (Å²) in [5.41, 5.74) is 7.04. The Morgan fingerprint density at radius 1 is 0.622 bits per heavy atom. The lowest BCUT2D eigenvalue weighted by Gasteiger charge is -2.39. The molecule has 37 heavy (non-hydrogen) atoms. The zero-order chi connectivity index (χ0) is 26.4. The van der Waals surface area contributed by atoms with Crippen molar-refractivity contribution in [1.82, 2.24) is 0 Å². The minimum Gasteiger partial charge on any atom is -0.459 e. The molecule has 0 radical (unpaired) electrons. The van der Waals surface area contributed by atoms with Gasteiger partial charge < -0.3 is 9.47 Å². The maximum Gasteiger partial charge on any atom is 0.233 e. The summed E-state index contributed by atoms with van der Waals surface area (Å²) in [6.07, 6.45) is 8.48. The molecule has 4 atom stereocenters. The van der Waals surface area contributed by atoms with Crippen molar-refractivity contribution >= 4 is 63.7 Å². The zero-order valence-corrected chi connectivity index (χ0v) is 28.2. The molecule has 2 aliphatic rings. The van der Waals surface area contributed by atoms with E-state index < -0.39 is 12.6 Å². The van der Waals surface area contributed by atoms with Crippen LogP contribution in [0, 0.1) is 25.7 Å². The summed E-state index contributed by atoms with van der Waals surface area (Å²) < 4.78 is 19.4. The van der Waals surface area contributed by atoms with Crippen LogP contribution in [-0.4, -0.2) is 21.3 Å². The van der Waals surface area contributed by atoms with E-state index in [9.17, 15) is 0 Å². The summed E-state index contributed by atoms with van der Waals surface area (Å²) in [4.78, 5) is 0. The first-order chi connectivity index (χ1) is 18.0. The Bertz CT molecular complexity index is 962. The number of hydrogen-bond donors (Lipinski definition) is 0. The largest absolute Gasteiger partial charge is 0.459 e. The second-order valence-corrected chi connectivity index (χ2v) is 13.6. The molecule has 0 aromatic heterocycles. The summed E-state index contributed by atoms with van der Waals surface area (Å²) in [5, 5.41) is 4.19. The van der Waals surface area contributed by atoms with Gasteiger partial charge in [-0.2, -0.15) is 0 Å². The predicted octanol–water partition coefficient (Wildman–Crippen LogP) is 10.0. The molecular weight excluding hydrogens is 728 g/mol. The fourth-order valence-corrected chi connectivity index (χ4v) is 7.67. The van der Waals surface area contributed by atoms with E-state index in [0.717, 1.165) is 67.9 Å². The van der Waals surface area contributed by atoms with Gasteiger partial charge in [0.05, 0.1) is 11.1 Å². The third kappa shape index (κ3) is 7.56. The summed E-state index contributed by atoms with van der Waals surface area (Å²) in [7, 11) is 0. The highest BCUT2D eigenvalue weighted by Gasteiger charge is 2.39. The molecule has 0 spiro atoms. The van der Waals surface area contributed by atoms with Gasteiger partial charge in [-0.1, -0.05) is 75.9 Å². The number of fused-ring (bicyclic) bond motifs is 6. The highest BCUT2D eigenvalue weighted by molar-refractivity contribution is 9.09. The SMILES string of the molecule is Cc1cc(CC(CCBr)CCCBr)cc2c1OC1OC2Oc2c(C)cc(CC(CCBr)CCCBr)cc21. The van der Waals surface area contributed by atoms with Crippen molar-refractivity contribution < 1.29 is 14.2 Å². The molecule has 0 saturated carbocycles. The minimum atomic E-state index is -0.429. The van der Waals surface area contributed by atoms with Gasteiger partial charge >= 0.3 is 0 Å². The highest BCUT2D eigenvalue weighted by atomic mass is 79.9. The normalized spacial score (nSPS) is 19.4. The number of ether oxygens (including phenoxy) is 3. The molecule has 0 fully saturated rings. The maximum atomic E-state index is 6.53. The molecule has 4 rings (SSSR count). The van der Waals surface area contributed by atoms with Crippen LogP contribution < -0.4 is 9.47 Å². The van der Waals surface area contributed by atoms with E-state index in [1.54, 1.807) is 0 Å². The topological polar surface area (TPSA) is 27.7 Å². The molecule has 204 valence electrons. The Balaban J connectivity index is 1.56. The molecular formula is C30H38Br4O3. The van der Waals surface area contributed by atoms with Gasteiger partial charge in [0.15, 0.2) is 0 Å². The van der Waals surface area contributed by atoms with E-state index in [2.05, 4.69) is 102 Å². The second kappa shape index (κ2) is 14.5. The minimum absolute atomic E-state index is 0.429. The van der Waals surface area contributed by atoms with Crippen molar-refractivity contribution in [3.8, 4) is 11.5 Å². The number of rotatable bonds is 14. The summed E-state index contributed by atoms with van der Waals surface area (Å²) in [6.45, 7) is 4.30. The highest BCUT2D eigenvalue weighted by Crippen LogP contribution is 2.50. The van der Waals surface area contributed by atoms with Crippen molar-refractivity contribution in [3.63, 3.8) is 0 Å². The summed E-state index contributed by atoms with van der Waals surface area (Å²) >= 11 is 14.5. The molecule has 0 saturated heterocycles. The second-order valence-electron chi connectivity index (χ2n) is 10.5. The van der Waals surface area contributed by atoms with E-state index in [-0.39, 0.29) is 0 Å². The molecule has 2 aromatic rings. The Morgan fingerprint density at radius 2 is 1.05 bits per heavy atom. The summed E-state index contributed by atoms with van der Waals surface area (Å²) in [6, 6.07) is 9.10. The number of alkyl halides is 4. The molecule has 0 N–H and O–H groups in total. The van der Waals surface area contributed by atoms with Gasteiger partial charge in [0.25, 0.3) is 0 Å².